The molecular formula is C11H20N2O2S. The molecule has 92 valence electrons. The van der Waals surface area contributed by atoms with Gasteiger partial charge in [-0.1, -0.05) is 0 Å². The highest BCUT2D eigenvalue weighted by molar-refractivity contribution is 7.99. The van der Waals surface area contributed by atoms with Gasteiger partial charge in [-0.2, -0.15) is 11.8 Å². The molecule has 1 saturated heterocycles. The van der Waals surface area contributed by atoms with Crippen LogP contribution in [0.25, 0.3) is 0 Å². The fourth-order valence-corrected chi connectivity index (χ4v) is 3.07. The predicted molar refractivity (Wildman–Crippen MR) is 65.4 cm³/mol. The quantitative estimate of drug-likeness (QED) is 0.714. The maximum atomic E-state index is 11.3. The van der Waals surface area contributed by atoms with Gasteiger partial charge in [-0.15, -0.1) is 0 Å². The van der Waals surface area contributed by atoms with Crippen LogP contribution in [0.5, 0.6) is 0 Å². The Balaban J connectivity index is 1.69. The van der Waals surface area contributed by atoms with Crippen molar-refractivity contribution in [1.29, 1.82) is 0 Å². The Labute approximate surface area is 101 Å². The van der Waals surface area contributed by atoms with Gasteiger partial charge in [0, 0.05) is 30.3 Å². The molecule has 2 fully saturated rings. The van der Waals surface area contributed by atoms with Gasteiger partial charge in [0.2, 0.25) is 5.91 Å². The molecule has 1 amide bonds. The molecule has 0 aromatic heterocycles. The van der Waals surface area contributed by atoms with E-state index in [-0.39, 0.29) is 11.9 Å². The Morgan fingerprint density at radius 2 is 2.06 bits per heavy atom. The normalized spacial score (nSPS) is 24.2. The van der Waals surface area contributed by atoms with E-state index in [9.17, 15) is 4.79 Å². The monoisotopic (exact) mass is 244 g/mol. The van der Waals surface area contributed by atoms with Crippen molar-refractivity contribution < 1.29 is 9.53 Å². The minimum atomic E-state index is -0.216. The lowest BCUT2D eigenvalue weighted by Gasteiger charge is -2.23. The number of carbonyl (C=O) groups excluding carboxylic acids is 1. The molecule has 0 radical (unpaired) electrons. The molecule has 1 heterocycles. The van der Waals surface area contributed by atoms with Gasteiger partial charge >= 0.3 is 0 Å². The number of amides is 1. The van der Waals surface area contributed by atoms with Crippen LogP contribution in [-0.4, -0.2) is 42.2 Å². The van der Waals surface area contributed by atoms with Crippen LogP contribution in [-0.2, 0) is 9.53 Å². The molecule has 4 nitrogen and oxygen atoms in total. The first-order valence-electron chi connectivity index (χ1n) is 6.00. The van der Waals surface area contributed by atoms with Crippen molar-refractivity contribution in [2.75, 3.05) is 19.0 Å². The molecule has 1 aliphatic heterocycles. The SMILES string of the molecule is NC(=O)C(CSC1CCOCC1)NC1CC1. The lowest BCUT2D eigenvalue weighted by molar-refractivity contribution is -0.119. The Morgan fingerprint density at radius 3 is 2.62 bits per heavy atom. The summed E-state index contributed by atoms with van der Waals surface area (Å²) in [5.74, 6) is 0.586. The van der Waals surface area contributed by atoms with Crippen molar-refractivity contribution in [3.63, 3.8) is 0 Å². The lowest BCUT2D eigenvalue weighted by atomic mass is 10.2. The first-order valence-corrected chi connectivity index (χ1v) is 7.05. The molecule has 0 aromatic carbocycles. The highest BCUT2D eigenvalue weighted by atomic mass is 32.2. The van der Waals surface area contributed by atoms with Gasteiger partial charge in [0.25, 0.3) is 0 Å². The van der Waals surface area contributed by atoms with Crippen LogP contribution in [0, 0.1) is 0 Å². The number of thioether (sulfide) groups is 1. The maximum absolute atomic E-state index is 11.3. The van der Waals surface area contributed by atoms with Crippen LogP contribution in [0.15, 0.2) is 0 Å². The molecule has 2 rings (SSSR count). The van der Waals surface area contributed by atoms with E-state index < -0.39 is 0 Å². The highest BCUT2D eigenvalue weighted by Gasteiger charge is 2.28. The summed E-state index contributed by atoms with van der Waals surface area (Å²) in [6.45, 7) is 1.71. The van der Waals surface area contributed by atoms with E-state index in [0.29, 0.717) is 11.3 Å². The summed E-state index contributed by atoms with van der Waals surface area (Å²) in [5, 5.41) is 3.94. The summed E-state index contributed by atoms with van der Waals surface area (Å²) in [6, 6.07) is 0.383. The molecule has 5 heteroatoms. The van der Waals surface area contributed by atoms with Crippen molar-refractivity contribution in [3.05, 3.63) is 0 Å². The van der Waals surface area contributed by atoms with Crippen molar-refractivity contribution in [3.8, 4) is 0 Å². The van der Waals surface area contributed by atoms with Gasteiger partial charge < -0.3 is 15.8 Å². The fraction of sp³-hybridized carbons (Fsp3) is 0.909. The van der Waals surface area contributed by atoms with E-state index in [1.165, 1.54) is 12.8 Å². The second kappa shape index (κ2) is 5.89. The van der Waals surface area contributed by atoms with Gasteiger partial charge in [-0.05, 0) is 25.7 Å². The number of hydrogen-bond donors (Lipinski definition) is 2. The molecule has 1 aliphatic carbocycles. The molecule has 0 bridgehead atoms. The summed E-state index contributed by atoms with van der Waals surface area (Å²) < 4.78 is 5.31. The number of nitrogens with one attached hydrogen (secondary N) is 1. The molecule has 1 atom stereocenters. The lowest BCUT2D eigenvalue weighted by Crippen LogP contribution is -2.44. The predicted octanol–water partition coefficient (Wildman–Crippen LogP) is 0.504. The van der Waals surface area contributed by atoms with Crippen LogP contribution < -0.4 is 11.1 Å². The third kappa shape index (κ3) is 3.96. The second-order valence-electron chi connectivity index (χ2n) is 4.54. The summed E-state index contributed by atoms with van der Waals surface area (Å²) in [6.07, 6.45) is 4.57. The first-order chi connectivity index (χ1) is 7.75. The summed E-state index contributed by atoms with van der Waals surface area (Å²) >= 11 is 1.86. The minimum absolute atomic E-state index is 0.152. The van der Waals surface area contributed by atoms with Gasteiger partial charge in [-0.3, -0.25) is 4.79 Å². The zero-order chi connectivity index (χ0) is 11.4. The third-order valence-electron chi connectivity index (χ3n) is 3.02. The molecule has 1 unspecified atom stereocenters. The zero-order valence-electron chi connectivity index (χ0n) is 9.48. The summed E-state index contributed by atoms with van der Waals surface area (Å²) in [5.41, 5.74) is 5.39. The Bertz CT molecular complexity index is 240. The topological polar surface area (TPSA) is 64.4 Å². The fourth-order valence-electron chi connectivity index (χ4n) is 1.82. The van der Waals surface area contributed by atoms with Gasteiger partial charge in [0.15, 0.2) is 0 Å². The van der Waals surface area contributed by atoms with Gasteiger partial charge in [0.05, 0.1) is 6.04 Å². The van der Waals surface area contributed by atoms with Crippen molar-refractivity contribution in [1.82, 2.24) is 5.32 Å². The second-order valence-corrected chi connectivity index (χ2v) is 5.87. The maximum Gasteiger partial charge on any atom is 0.235 e. The van der Waals surface area contributed by atoms with E-state index in [4.69, 9.17) is 10.5 Å². The smallest absolute Gasteiger partial charge is 0.235 e. The van der Waals surface area contributed by atoms with Crippen LogP contribution >= 0.6 is 11.8 Å². The van der Waals surface area contributed by atoms with E-state index >= 15 is 0 Å². The average molecular weight is 244 g/mol. The van der Waals surface area contributed by atoms with E-state index in [1.807, 2.05) is 11.8 Å². The molecule has 2 aliphatic rings. The molecule has 0 spiro atoms. The van der Waals surface area contributed by atoms with Crippen LogP contribution in [0.1, 0.15) is 25.7 Å². The van der Waals surface area contributed by atoms with Gasteiger partial charge in [-0.25, -0.2) is 0 Å². The Morgan fingerprint density at radius 1 is 1.38 bits per heavy atom. The first kappa shape index (κ1) is 12.2. The zero-order valence-corrected chi connectivity index (χ0v) is 10.3. The number of hydrogen-bond acceptors (Lipinski definition) is 4. The van der Waals surface area contributed by atoms with Crippen LogP contribution in [0.2, 0.25) is 0 Å². The number of primary amides is 1. The molecule has 1 saturated carbocycles. The largest absolute Gasteiger partial charge is 0.381 e. The number of carbonyl (C=O) groups is 1. The number of ether oxygens (including phenoxy) is 1. The molecule has 16 heavy (non-hydrogen) atoms. The minimum Gasteiger partial charge on any atom is -0.381 e. The van der Waals surface area contributed by atoms with Crippen molar-refractivity contribution >= 4 is 17.7 Å². The van der Waals surface area contributed by atoms with E-state index in [1.54, 1.807) is 0 Å². The summed E-state index contributed by atoms with van der Waals surface area (Å²) in [7, 11) is 0. The third-order valence-corrected chi connectivity index (χ3v) is 4.49. The standard InChI is InChI=1S/C11H20N2O2S/c12-11(14)10(13-8-1-2-8)7-16-9-3-5-15-6-4-9/h8-10,13H,1-7H2,(H2,12,14). The van der Waals surface area contributed by atoms with Crippen LogP contribution in [0.4, 0.5) is 0 Å². The highest BCUT2D eigenvalue weighted by Crippen LogP contribution is 2.24. The van der Waals surface area contributed by atoms with Crippen molar-refractivity contribution in [2.45, 2.75) is 43.0 Å². The molecular weight excluding hydrogens is 224 g/mol. The van der Waals surface area contributed by atoms with E-state index in [2.05, 4.69) is 5.32 Å². The Kier molecular flexibility index (Phi) is 4.49. The summed E-state index contributed by atoms with van der Waals surface area (Å²) in [4.78, 5) is 11.3. The molecule has 0 aromatic rings. The molecule has 3 N–H and O–H groups in total. The van der Waals surface area contributed by atoms with Crippen molar-refractivity contribution in [2.24, 2.45) is 5.73 Å². The number of nitrogens with two attached hydrogens (primary N) is 1. The van der Waals surface area contributed by atoms with Crippen LogP contribution in [0.3, 0.4) is 0 Å². The van der Waals surface area contributed by atoms with E-state index in [0.717, 1.165) is 31.8 Å². The van der Waals surface area contributed by atoms with Gasteiger partial charge in [0.1, 0.15) is 0 Å². The number of rotatable bonds is 6. The Hall–Kier alpha value is -0.260. The average Bonchev–Trinajstić information content (AvgIpc) is 3.09.